The smallest absolute Gasteiger partial charge is 0.294 e. The number of hydrogen-bond acceptors (Lipinski definition) is 11. The zero-order chi connectivity index (χ0) is 46.1. The van der Waals surface area contributed by atoms with Crippen molar-refractivity contribution in [2.45, 2.75) is 118 Å². The number of carbonyl (C=O) groups is 1. The van der Waals surface area contributed by atoms with Gasteiger partial charge in [-0.05, 0) is 114 Å². The Hall–Kier alpha value is -3.54. The summed E-state index contributed by atoms with van der Waals surface area (Å²) in [6, 6.07) is 8.44. The molecule has 0 aromatic heterocycles. The summed E-state index contributed by atoms with van der Waals surface area (Å²) in [5, 5.41) is 2.97. The van der Waals surface area contributed by atoms with Gasteiger partial charge in [0.1, 0.15) is 6.54 Å². The number of unbranched alkanes of at least 4 members (excludes halogenated alkanes) is 6. The molecule has 0 spiro atoms. The summed E-state index contributed by atoms with van der Waals surface area (Å²) >= 11 is 0. The second kappa shape index (κ2) is 21.0. The van der Waals surface area contributed by atoms with Gasteiger partial charge in [-0.1, -0.05) is 25.3 Å². The molecule has 0 saturated heterocycles. The van der Waals surface area contributed by atoms with Crippen molar-refractivity contribution >= 4 is 63.5 Å². The fraction of sp³-hybridized carbons (Fsp3) is 0.561. The predicted octanol–water partition coefficient (Wildman–Crippen LogP) is 5.31. The second-order valence-electron chi connectivity index (χ2n) is 16.6. The van der Waals surface area contributed by atoms with E-state index in [0.717, 1.165) is 43.5 Å². The number of nitrogens with zero attached hydrogens (tertiary/aromatic N) is 2. The number of amides is 1. The highest BCUT2D eigenvalue weighted by atomic mass is 32.2. The molecule has 1 atom stereocenters. The van der Waals surface area contributed by atoms with Crippen LogP contribution in [0.25, 0.3) is 0 Å². The molecule has 17 nitrogen and oxygen atoms in total. The third-order valence-corrected chi connectivity index (χ3v) is 14.8. The van der Waals surface area contributed by atoms with Gasteiger partial charge in [0.15, 0.2) is 5.71 Å². The Morgan fingerprint density at radius 3 is 1.97 bits per heavy atom. The lowest BCUT2D eigenvalue weighted by Crippen LogP contribution is -2.30. The van der Waals surface area contributed by atoms with Crippen LogP contribution in [0.1, 0.15) is 109 Å². The lowest BCUT2D eigenvalue weighted by Gasteiger charge is -2.30. The molecular weight excluding hydrogens is 885 g/mol. The molecule has 2 aromatic rings. The molecule has 1 amide bonds. The van der Waals surface area contributed by atoms with Gasteiger partial charge in [0.25, 0.3) is 40.5 Å². The highest BCUT2D eigenvalue weighted by molar-refractivity contribution is 7.86. The van der Waals surface area contributed by atoms with E-state index in [1.165, 1.54) is 30.3 Å². The fourth-order valence-corrected chi connectivity index (χ4v) is 10.4. The van der Waals surface area contributed by atoms with E-state index >= 15 is 0 Å². The van der Waals surface area contributed by atoms with Gasteiger partial charge in [-0.2, -0.15) is 38.2 Å². The third-order valence-electron chi connectivity index (χ3n) is 11.5. The number of allylic oxidation sites excluding steroid dienone is 4. The van der Waals surface area contributed by atoms with Crippen LogP contribution in [-0.2, 0) is 56.1 Å². The molecule has 0 bridgehead atoms. The Kier molecular flexibility index (Phi) is 17.3. The van der Waals surface area contributed by atoms with Crippen LogP contribution in [0.4, 0.5) is 11.4 Å². The highest BCUT2D eigenvalue weighted by Gasteiger charge is 2.46. The minimum absolute atomic E-state index is 0.0156. The number of rotatable bonds is 25. The fourth-order valence-electron chi connectivity index (χ4n) is 8.32. The van der Waals surface area contributed by atoms with Crippen LogP contribution in [0.2, 0.25) is 0 Å². The number of hydrogen-bond donors (Lipinski definition) is 6. The van der Waals surface area contributed by atoms with E-state index in [4.69, 9.17) is 5.73 Å². The molecule has 0 saturated carbocycles. The molecule has 2 heterocycles. The first-order valence-corrected chi connectivity index (χ1v) is 26.8. The summed E-state index contributed by atoms with van der Waals surface area (Å²) in [5.74, 6) is -1.09. The molecule has 4 rings (SSSR count). The monoisotopic (exact) mass is 945 g/mol. The van der Waals surface area contributed by atoms with E-state index in [0.29, 0.717) is 61.4 Å². The summed E-state index contributed by atoms with van der Waals surface area (Å²) in [5.41, 5.74) is 7.37. The van der Waals surface area contributed by atoms with Gasteiger partial charge in [-0.25, -0.2) is 0 Å². The Morgan fingerprint density at radius 2 is 1.34 bits per heavy atom. The van der Waals surface area contributed by atoms with Crippen LogP contribution < -0.4 is 16.0 Å². The molecule has 2 aliphatic rings. The minimum atomic E-state index is -4.66. The molecule has 346 valence electrons. The molecule has 62 heavy (non-hydrogen) atoms. The Bertz CT molecular complexity index is 2500. The van der Waals surface area contributed by atoms with Gasteiger partial charge < -0.3 is 16.0 Å². The summed E-state index contributed by atoms with van der Waals surface area (Å²) < 4.78 is 137. The predicted molar refractivity (Wildman–Crippen MR) is 238 cm³/mol. The van der Waals surface area contributed by atoms with Crippen LogP contribution in [0.15, 0.2) is 70.1 Å². The molecule has 0 aliphatic carbocycles. The van der Waals surface area contributed by atoms with Crippen molar-refractivity contribution in [3.05, 3.63) is 71.5 Å². The lowest BCUT2D eigenvalue weighted by atomic mass is 9.77. The van der Waals surface area contributed by atoms with Crippen LogP contribution in [0.3, 0.4) is 0 Å². The average molecular weight is 946 g/mol. The third kappa shape index (κ3) is 13.7. The topological polar surface area (TPSA) is 279 Å². The molecular formula is C41H61N4O13S4+. The van der Waals surface area contributed by atoms with E-state index in [1.54, 1.807) is 23.1 Å². The first-order chi connectivity index (χ1) is 28.8. The zero-order valence-corrected chi connectivity index (χ0v) is 38.8. The number of benzene rings is 2. The molecule has 21 heteroatoms. The lowest BCUT2D eigenvalue weighted by molar-refractivity contribution is -0.438. The van der Waals surface area contributed by atoms with E-state index in [2.05, 4.69) is 9.89 Å². The van der Waals surface area contributed by atoms with E-state index in [9.17, 15) is 56.7 Å². The molecule has 2 aliphatic heterocycles. The number of fused-ring (bicyclic) bond motifs is 2. The summed E-state index contributed by atoms with van der Waals surface area (Å²) in [6.07, 6.45) is 12.2. The normalized spacial score (nSPS) is 18.5. The van der Waals surface area contributed by atoms with Crippen molar-refractivity contribution in [2.75, 3.05) is 42.6 Å². The quantitative estimate of drug-likeness (QED) is 0.0418. The van der Waals surface area contributed by atoms with Crippen molar-refractivity contribution in [1.82, 2.24) is 5.32 Å². The van der Waals surface area contributed by atoms with Crippen molar-refractivity contribution < 1.29 is 61.3 Å². The van der Waals surface area contributed by atoms with Crippen LogP contribution in [0, 0.1) is 0 Å². The minimum Gasteiger partial charge on any atom is -0.356 e. The average Bonchev–Trinajstić information content (AvgIpc) is 3.52. The molecule has 0 fully saturated rings. The molecule has 1 unspecified atom stereocenters. The number of anilines is 1. The zero-order valence-electron chi connectivity index (χ0n) is 35.5. The van der Waals surface area contributed by atoms with Gasteiger partial charge >= 0.3 is 0 Å². The first kappa shape index (κ1) is 51.1. The summed E-state index contributed by atoms with van der Waals surface area (Å²) in [6.45, 7) is 7.46. The van der Waals surface area contributed by atoms with Crippen LogP contribution in [0.5, 0.6) is 0 Å². The maximum atomic E-state index is 12.5. The summed E-state index contributed by atoms with van der Waals surface area (Å²) in [4.78, 5) is 13.6. The van der Waals surface area contributed by atoms with Gasteiger partial charge in [-0.3, -0.25) is 23.0 Å². The Labute approximate surface area is 366 Å². The Morgan fingerprint density at radius 1 is 0.742 bits per heavy atom. The van der Waals surface area contributed by atoms with Crippen LogP contribution in [-0.4, -0.2) is 106 Å². The maximum absolute atomic E-state index is 12.5. The molecule has 0 radical (unpaired) electrons. The van der Waals surface area contributed by atoms with Crippen molar-refractivity contribution in [2.24, 2.45) is 5.73 Å². The van der Waals surface area contributed by atoms with Crippen molar-refractivity contribution in [3.8, 4) is 0 Å². The van der Waals surface area contributed by atoms with Gasteiger partial charge in [-0.15, -0.1) is 0 Å². The SMILES string of the molecule is CC1(C)C(/C=C/C=C2/N(CCCS(=O)(=O)O)c3ccc(S(=O)(=O)O)cc3C2(C)CCCCS(=O)(=O)O)=[N+](CCCCCC(=O)NCCCCCCN)c2ccc(S(=O)(=O)O)cc21. The summed E-state index contributed by atoms with van der Waals surface area (Å²) in [7, 11) is -17.8. The number of carbonyl (C=O) groups excluding carboxylic acids is 1. The van der Waals surface area contributed by atoms with Crippen molar-refractivity contribution in [3.63, 3.8) is 0 Å². The number of nitrogens with two attached hydrogens (primary N) is 1. The largest absolute Gasteiger partial charge is 0.356 e. The van der Waals surface area contributed by atoms with E-state index < -0.39 is 62.8 Å². The molecule has 2 aromatic carbocycles. The Balaban J connectivity index is 1.73. The maximum Gasteiger partial charge on any atom is 0.294 e. The first-order valence-electron chi connectivity index (χ1n) is 20.7. The van der Waals surface area contributed by atoms with Gasteiger partial charge in [0.2, 0.25) is 11.6 Å². The van der Waals surface area contributed by atoms with E-state index in [-0.39, 0.29) is 47.9 Å². The molecule has 7 N–H and O–H groups in total. The van der Waals surface area contributed by atoms with E-state index in [1.807, 2.05) is 26.8 Å². The highest BCUT2D eigenvalue weighted by Crippen LogP contribution is 2.51. The van der Waals surface area contributed by atoms with Crippen molar-refractivity contribution in [1.29, 1.82) is 0 Å². The standard InChI is InChI=1S/C41H60N4O13S4/c1-40(2)33-29-31(61(53,54)55)18-20-35(33)44(25-11-6-7-17-39(46)43-24-10-5-4-9-23-42)37(40)15-13-16-38-41(3,22-8-12-27-59(47,48)49)34-30-32(62(56,57)58)19-21-36(34)45(38)26-14-28-60(50,51)52/h13,15-16,18-21,29-30H,4-12,14,17,22-28,42H2,1-3H3,(H4-,43,46,47,48,49,50,51,52,53,54,55,56,57,58)/p+1. The van der Waals surface area contributed by atoms with Crippen LogP contribution >= 0.6 is 0 Å². The van der Waals surface area contributed by atoms with Gasteiger partial charge in [0, 0.05) is 60.4 Å². The number of nitrogens with one attached hydrogen (secondary N) is 1. The second-order valence-corrected chi connectivity index (χ2v) is 22.6. The van der Waals surface area contributed by atoms with Gasteiger partial charge in [0.05, 0.1) is 26.7 Å².